The minimum absolute atomic E-state index is 0.110. The topological polar surface area (TPSA) is 75.7 Å². The van der Waals surface area contributed by atoms with E-state index in [0.29, 0.717) is 12.2 Å². The number of rotatable bonds is 5. The van der Waals surface area contributed by atoms with Gasteiger partial charge >= 0.3 is 0 Å². The van der Waals surface area contributed by atoms with Crippen LogP contribution in [0, 0.1) is 5.82 Å². The van der Waals surface area contributed by atoms with Crippen LogP contribution in [0.1, 0.15) is 62.4 Å². The normalized spacial score (nSPS) is 19.0. The van der Waals surface area contributed by atoms with Crippen molar-refractivity contribution in [2.24, 2.45) is 0 Å². The van der Waals surface area contributed by atoms with E-state index in [1.165, 1.54) is 35.2 Å². The fourth-order valence-corrected chi connectivity index (χ4v) is 4.36. The zero-order chi connectivity index (χ0) is 22.3. The van der Waals surface area contributed by atoms with Gasteiger partial charge in [0.05, 0.1) is 34.8 Å². The lowest BCUT2D eigenvalue weighted by molar-refractivity contribution is 0.0475. The molecule has 1 fully saturated rings. The van der Waals surface area contributed by atoms with Crippen LogP contribution in [0.2, 0.25) is 10.0 Å². The molecule has 0 radical (unpaired) electrons. The summed E-state index contributed by atoms with van der Waals surface area (Å²) in [7, 11) is 0. The van der Waals surface area contributed by atoms with Gasteiger partial charge in [0.25, 0.3) is 17.7 Å². The standard InChI is InChI=1S/C22H19Cl2FN2O4/c1-11(15-8-19(25)18(24)9-17(15)23)26-20(28)12-4-5-14-16(7-12)22(30)27(21(14)29)10-13-3-2-6-31-13/h4-5,7-9,11,13H,2-3,6,10H2,1H3,(H,26,28). The van der Waals surface area contributed by atoms with Gasteiger partial charge in [-0.3, -0.25) is 19.3 Å². The van der Waals surface area contributed by atoms with Crippen molar-refractivity contribution < 1.29 is 23.5 Å². The fourth-order valence-electron chi connectivity index (χ4n) is 3.82. The number of ether oxygens (including phenoxy) is 1. The van der Waals surface area contributed by atoms with E-state index in [4.69, 9.17) is 27.9 Å². The second-order valence-electron chi connectivity index (χ2n) is 7.60. The third-order valence-corrected chi connectivity index (χ3v) is 6.11. The highest BCUT2D eigenvalue weighted by Gasteiger charge is 2.38. The molecule has 0 bridgehead atoms. The highest BCUT2D eigenvalue weighted by molar-refractivity contribution is 6.35. The Labute approximate surface area is 188 Å². The first-order valence-corrected chi connectivity index (χ1v) is 10.6. The number of hydrogen-bond donors (Lipinski definition) is 1. The second kappa shape index (κ2) is 8.57. The van der Waals surface area contributed by atoms with Gasteiger partial charge in [-0.1, -0.05) is 23.2 Å². The first-order valence-electron chi connectivity index (χ1n) is 9.83. The van der Waals surface area contributed by atoms with Gasteiger partial charge in [-0.05, 0) is 55.7 Å². The van der Waals surface area contributed by atoms with E-state index in [9.17, 15) is 18.8 Å². The zero-order valence-electron chi connectivity index (χ0n) is 16.6. The maximum absolute atomic E-state index is 13.8. The Balaban J connectivity index is 1.51. The molecule has 2 aliphatic rings. The number of fused-ring (bicyclic) bond motifs is 1. The van der Waals surface area contributed by atoms with Crippen molar-refractivity contribution in [1.29, 1.82) is 0 Å². The Morgan fingerprint density at radius 3 is 2.65 bits per heavy atom. The number of imide groups is 1. The predicted molar refractivity (Wildman–Crippen MR) is 113 cm³/mol. The minimum atomic E-state index is -0.643. The number of carbonyl (C=O) groups excluding carboxylic acids is 3. The molecule has 1 N–H and O–H groups in total. The number of benzene rings is 2. The molecule has 6 nitrogen and oxygen atoms in total. The van der Waals surface area contributed by atoms with Crippen LogP contribution in [0.3, 0.4) is 0 Å². The fraction of sp³-hybridized carbons (Fsp3) is 0.318. The van der Waals surface area contributed by atoms with Crippen LogP contribution >= 0.6 is 23.2 Å². The molecule has 162 valence electrons. The first kappa shape index (κ1) is 21.7. The van der Waals surface area contributed by atoms with Crippen LogP contribution in [0.5, 0.6) is 0 Å². The first-order chi connectivity index (χ1) is 14.8. The molecule has 3 amide bonds. The van der Waals surface area contributed by atoms with Gasteiger partial charge in [0.15, 0.2) is 0 Å². The van der Waals surface area contributed by atoms with Gasteiger partial charge in [0.1, 0.15) is 5.82 Å². The molecule has 2 aliphatic heterocycles. The lowest BCUT2D eigenvalue weighted by Crippen LogP contribution is -2.36. The smallest absolute Gasteiger partial charge is 0.261 e. The summed E-state index contributed by atoms with van der Waals surface area (Å²) in [5, 5.41) is 2.84. The highest BCUT2D eigenvalue weighted by atomic mass is 35.5. The van der Waals surface area contributed by atoms with Crippen LogP contribution in [0.4, 0.5) is 4.39 Å². The van der Waals surface area contributed by atoms with Crippen molar-refractivity contribution in [2.75, 3.05) is 13.2 Å². The summed E-state index contributed by atoms with van der Waals surface area (Å²) in [6, 6.07) is 6.18. The van der Waals surface area contributed by atoms with E-state index in [-0.39, 0.29) is 45.3 Å². The summed E-state index contributed by atoms with van der Waals surface area (Å²) >= 11 is 11.8. The predicted octanol–water partition coefficient (Wildman–Crippen LogP) is 4.40. The number of nitrogens with zero attached hydrogens (tertiary/aromatic N) is 1. The maximum atomic E-state index is 13.8. The molecule has 1 saturated heterocycles. The lowest BCUT2D eigenvalue weighted by atomic mass is 10.0. The summed E-state index contributed by atoms with van der Waals surface area (Å²) in [5.41, 5.74) is 1.01. The van der Waals surface area contributed by atoms with Gasteiger partial charge in [-0.15, -0.1) is 0 Å². The van der Waals surface area contributed by atoms with Crippen LogP contribution in [-0.2, 0) is 4.74 Å². The van der Waals surface area contributed by atoms with Crippen molar-refractivity contribution in [3.63, 3.8) is 0 Å². The maximum Gasteiger partial charge on any atom is 0.261 e. The molecule has 0 aliphatic carbocycles. The van der Waals surface area contributed by atoms with E-state index in [2.05, 4.69) is 5.32 Å². The summed E-state index contributed by atoms with van der Waals surface area (Å²) < 4.78 is 19.3. The molecular weight excluding hydrogens is 446 g/mol. The summed E-state index contributed by atoms with van der Waals surface area (Å²) in [6.45, 7) is 2.47. The number of amides is 3. The quantitative estimate of drug-likeness (QED) is 0.525. The Bertz CT molecular complexity index is 1090. The molecule has 0 spiro atoms. The summed E-state index contributed by atoms with van der Waals surface area (Å²) in [5.74, 6) is -1.96. The third-order valence-electron chi connectivity index (χ3n) is 5.50. The zero-order valence-corrected chi connectivity index (χ0v) is 18.1. The molecule has 2 aromatic rings. The molecule has 31 heavy (non-hydrogen) atoms. The van der Waals surface area contributed by atoms with Crippen molar-refractivity contribution in [3.05, 3.63) is 68.4 Å². The number of carbonyl (C=O) groups is 3. The van der Waals surface area contributed by atoms with Gasteiger partial charge in [-0.2, -0.15) is 0 Å². The molecule has 2 atom stereocenters. The largest absolute Gasteiger partial charge is 0.376 e. The van der Waals surface area contributed by atoms with Gasteiger partial charge < -0.3 is 10.1 Å². The molecule has 0 saturated carbocycles. The van der Waals surface area contributed by atoms with Crippen LogP contribution < -0.4 is 5.32 Å². The van der Waals surface area contributed by atoms with E-state index < -0.39 is 23.7 Å². The SMILES string of the molecule is CC(NC(=O)c1ccc2c(c1)C(=O)N(CC1CCCO1)C2=O)c1cc(F)c(Cl)cc1Cl. The average molecular weight is 465 g/mol. The van der Waals surface area contributed by atoms with E-state index in [0.717, 1.165) is 12.8 Å². The molecular formula is C22H19Cl2FN2O4. The van der Waals surface area contributed by atoms with Crippen molar-refractivity contribution in [3.8, 4) is 0 Å². The Morgan fingerprint density at radius 1 is 1.19 bits per heavy atom. The van der Waals surface area contributed by atoms with Crippen LogP contribution in [0.25, 0.3) is 0 Å². The van der Waals surface area contributed by atoms with Gasteiger partial charge in [0.2, 0.25) is 0 Å². The molecule has 2 unspecified atom stereocenters. The average Bonchev–Trinajstić information content (AvgIpc) is 3.33. The minimum Gasteiger partial charge on any atom is -0.376 e. The van der Waals surface area contributed by atoms with Gasteiger partial charge in [-0.25, -0.2) is 4.39 Å². The molecule has 4 rings (SSSR count). The van der Waals surface area contributed by atoms with Gasteiger partial charge in [0, 0.05) is 17.2 Å². The summed E-state index contributed by atoms with van der Waals surface area (Å²) in [6.07, 6.45) is 1.54. The van der Waals surface area contributed by atoms with E-state index in [1.807, 2.05) is 0 Å². The Kier molecular flexibility index (Phi) is 6.01. The van der Waals surface area contributed by atoms with Crippen molar-refractivity contribution in [2.45, 2.75) is 31.9 Å². The van der Waals surface area contributed by atoms with Crippen molar-refractivity contribution >= 4 is 40.9 Å². The Morgan fingerprint density at radius 2 is 1.94 bits per heavy atom. The molecule has 2 heterocycles. The number of nitrogens with one attached hydrogen (secondary N) is 1. The Hall–Kier alpha value is -2.48. The van der Waals surface area contributed by atoms with Crippen LogP contribution in [-0.4, -0.2) is 41.9 Å². The monoisotopic (exact) mass is 464 g/mol. The third kappa shape index (κ3) is 4.18. The second-order valence-corrected chi connectivity index (χ2v) is 8.41. The van der Waals surface area contributed by atoms with E-state index >= 15 is 0 Å². The molecule has 2 aromatic carbocycles. The van der Waals surface area contributed by atoms with Crippen molar-refractivity contribution in [1.82, 2.24) is 10.2 Å². The molecule has 9 heteroatoms. The lowest BCUT2D eigenvalue weighted by Gasteiger charge is -2.18. The number of halogens is 3. The molecule has 0 aromatic heterocycles. The van der Waals surface area contributed by atoms with E-state index in [1.54, 1.807) is 6.92 Å². The highest BCUT2D eigenvalue weighted by Crippen LogP contribution is 2.30. The number of hydrogen-bond acceptors (Lipinski definition) is 4. The van der Waals surface area contributed by atoms with Crippen LogP contribution in [0.15, 0.2) is 30.3 Å². The summed E-state index contributed by atoms with van der Waals surface area (Å²) in [4.78, 5) is 39.3.